The Morgan fingerprint density at radius 1 is 0.722 bits per heavy atom. The summed E-state index contributed by atoms with van der Waals surface area (Å²) in [6.07, 6.45) is 0. The van der Waals surface area contributed by atoms with Gasteiger partial charge in [-0.3, -0.25) is 0 Å². The predicted octanol–water partition coefficient (Wildman–Crippen LogP) is 3.40. The molecule has 0 aliphatic heterocycles. The highest BCUT2D eigenvalue weighted by atomic mass is 16.3. The average Bonchev–Trinajstić information content (AvgIpc) is 2.36. The van der Waals surface area contributed by atoms with Crippen LogP contribution < -0.4 is 0 Å². The maximum atomic E-state index is 10.1. The molecule has 94 valence electrons. The molecule has 0 atom stereocenters. The molecule has 2 aromatic rings. The van der Waals surface area contributed by atoms with Gasteiger partial charge in [0.25, 0.3) is 0 Å². The molecule has 2 rings (SSSR count). The zero-order chi connectivity index (χ0) is 13.4. The Labute approximate surface area is 106 Å². The molecule has 18 heavy (non-hydrogen) atoms. The van der Waals surface area contributed by atoms with E-state index in [4.69, 9.17) is 0 Å². The number of benzene rings is 2. The van der Waals surface area contributed by atoms with Gasteiger partial charge in [-0.1, -0.05) is 24.3 Å². The molecule has 0 amide bonds. The quantitative estimate of drug-likeness (QED) is 0.720. The summed E-state index contributed by atoms with van der Waals surface area (Å²) in [4.78, 5) is 0. The first-order chi connectivity index (χ1) is 8.45. The van der Waals surface area contributed by atoms with Crippen molar-refractivity contribution in [1.29, 1.82) is 0 Å². The fourth-order valence-corrected chi connectivity index (χ4v) is 2.10. The van der Waals surface area contributed by atoms with Gasteiger partial charge in [-0.05, 0) is 31.9 Å². The van der Waals surface area contributed by atoms with Gasteiger partial charge in [0.1, 0.15) is 17.2 Å². The molecule has 2 aromatic carbocycles. The molecule has 3 heteroatoms. The van der Waals surface area contributed by atoms with Crippen molar-refractivity contribution in [2.45, 2.75) is 20.8 Å². The van der Waals surface area contributed by atoms with Crippen LogP contribution in [0.1, 0.15) is 16.7 Å². The lowest BCUT2D eigenvalue weighted by Gasteiger charge is -2.16. The van der Waals surface area contributed by atoms with Gasteiger partial charge in [0.05, 0.1) is 5.56 Å². The number of hydrogen-bond acceptors (Lipinski definition) is 3. The first-order valence-corrected chi connectivity index (χ1v) is 5.75. The number of rotatable bonds is 1. The molecule has 0 radical (unpaired) electrons. The van der Waals surface area contributed by atoms with E-state index in [1.165, 1.54) is 0 Å². The molecular formula is C15H16O3. The van der Waals surface area contributed by atoms with Gasteiger partial charge in [-0.25, -0.2) is 0 Å². The van der Waals surface area contributed by atoms with Crippen LogP contribution in [0, 0.1) is 20.8 Å². The Morgan fingerprint density at radius 2 is 1.22 bits per heavy atom. The molecule has 0 saturated heterocycles. The highest BCUT2D eigenvalue weighted by Crippen LogP contribution is 2.47. The first kappa shape index (κ1) is 12.3. The zero-order valence-corrected chi connectivity index (χ0v) is 10.7. The minimum Gasteiger partial charge on any atom is -0.507 e. The first-order valence-electron chi connectivity index (χ1n) is 5.75. The van der Waals surface area contributed by atoms with Crippen LogP contribution in [0.4, 0.5) is 0 Å². The Hall–Kier alpha value is -2.16. The van der Waals surface area contributed by atoms with E-state index in [-0.39, 0.29) is 17.2 Å². The van der Waals surface area contributed by atoms with Crippen molar-refractivity contribution in [1.82, 2.24) is 0 Å². The molecular weight excluding hydrogens is 228 g/mol. The van der Waals surface area contributed by atoms with E-state index in [1.54, 1.807) is 13.8 Å². The van der Waals surface area contributed by atoms with E-state index in [9.17, 15) is 15.3 Å². The van der Waals surface area contributed by atoms with Gasteiger partial charge in [0.2, 0.25) is 0 Å². The van der Waals surface area contributed by atoms with Crippen molar-refractivity contribution in [3.63, 3.8) is 0 Å². The normalized spacial score (nSPS) is 10.6. The number of aromatic hydroxyl groups is 3. The second-order valence-electron chi connectivity index (χ2n) is 4.49. The Morgan fingerprint density at radius 3 is 1.72 bits per heavy atom. The summed E-state index contributed by atoms with van der Waals surface area (Å²) in [5.41, 5.74) is 2.85. The third-order valence-corrected chi connectivity index (χ3v) is 3.31. The molecule has 0 unspecified atom stereocenters. The molecule has 0 fully saturated rings. The van der Waals surface area contributed by atoms with Crippen molar-refractivity contribution in [3.8, 4) is 28.4 Å². The van der Waals surface area contributed by atoms with Crippen LogP contribution in [0.2, 0.25) is 0 Å². The van der Waals surface area contributed by atoms with Crippen molar-refractivity contribution < 1.29 is 15.3 Å². The van der Waals surface area contributed by atoms with Crippen LogP contribution in [-0.2, 0) is 0 Å². The molecule has 0 aliphatic rings. The molecule has 0 aliphatic carbocycles. The minimum absolute atomic E-state index is 0.0673. The maximum Gasteiger partial charge on any atom is 0.133 e. The molecule has 0 bridgehead atoms. The zero-order valence-electron chi connectivity index (χ0n) is 10.7. The molecule has 0 saturated carbocycles. The summed E-state index contributed by atoms with van der Waals surface area (Å²) in [6, 6.07) is 7.48. The maximum absolute atomic E-state index is 10.1. The topological polar surface area (TPSA) is 60.7 Å². The van der Waals surface area contributed by atoms with Gasteiger partial charge < -0.3 is 15.3 Å². The Bertz CT molecular complexity index is 586. The van der Waals surface area contributed by atoms with Crippen molar-refractivity contribution >= 4 is 0 Å². The molecule has 0 heterocycles. The van der Waals surface area contributed by atoms with E-state index in [1.807, 2.05) is 31.2 Å². The lowest BCUT2D eigenvalue weighted by molar-refractivity contribution is 0.420. The summed E-state index contributed by atoms with van der Waals surface area (Å²) < 4.78 is 0. The van der Waals surface area contributed by atoms with Crippen LogP contribution in [0.3, 0.4) is 0 Å². The lowest BCUT2D eigenvalue weighted by atomic mass is 9.94. The predicted molar refractivity (Wildman–Crippen MR) is 71.1 cm³/mol. The van der Waals surface area contributed by atoms with Crippen LogP contribution in [0.5, 0.6) is 17.2 Å². The van der Waals surface area contributed by atoms with Crippen LogP contribution in [0.15, 0.2) is 24.3 Å². The van der Waals surface area contributed by atoms with Gasteiger partial charge in [0.15, 0.2) is 0 Å². The van der Waals surface area contributed by atoms with Gasteiger partial charge in [-0.15, -0.1) is 0 Å². The Kier molecular flexibility index (Phi) is 2.91. The van der Waals surface area contributed by atoms with Gasteiger partial charge >= 0.3 is 0 Å². The fraction of sp³-hybridized carbons (Fsp3) is 0.200. The average molecular weight is 244 g/mol. The number of phenolic OH excluding ortho intramolecular Hbond substituents is 3. The second-order valence-corrected chi connectivity index (χ2v) is 4.49. The summed E-state index contributed by atoms with van der Waals surface area (Å²) in [7, 11) is 0. The van der Waals surface area contributed by atoms with Crippen molar-refractivity contribution in [3.05, 3.63) is 41.0 Å². The third-order valence-electron chi connectivity index (χ3n) is 3.31. The number of phenols is 3. The fourth-order valence-electron chi connectivity index (χ4n) is 2.10. The SMILES string of the molecule is Cc1ccccc1-c1c(O)c(C)c(O)c(C)c1O. The lowest BCUT2D eigenvalue weighted by Crippen LogP contribution is -1.91. The largest absolute Gasteiger partial charge is 0.507 e. The van der Waals surface area contributed by atoms with Gasteiger partial charge in [0, 0.05) is 11.1 Å². The third kappa shape index (κ3) is 1.68. The minimum atomic E-state index is -0.0788. The van der Waals surface area contributed by atoms with Crippen LogP contribution in [0.25, 0.3) is 11.1 Å². The summed E-state index contributed by atoms with van der Waals surface area (Å²) >= 11 is 0. The summed E-state index contributed by atoms with van der Waals surface area (Å²) in [6.45, 7) is 5.16. The van der Waals surface area contributed by atoms with Gasteiger partial charge in [-0.2, -0.15) is 0 Å². The van der Waals surface area contributed by atoms with E-state index in [0.29, 0.717) is 16.7 Å². The van der Waals surface area contributed by atoms with E-state index in [0.717, 1.165) is 11.1 Å². The summed E-state index contributed by atoms with van der Waals surface area (Å²) in [5, 5.41) is 30.1. The molecule has 0 spiro atoms. The standard InChI is InChI=1S/C15H16O3/c1-8-6-4-5-7-11(8)12-14(17)9(2)13(16)10(3)15(12)18/h4-7,16-18H,1-3H3. The number of hydrogen-bond donors (Lipinski definition) is 3. The van der Waals surface area contributed by atoms with E-state index >= 15 is 0 Å². The second kappa shape index (κ2) is 4.26. The smallest absolute Gasteiger partial charge is 0.133 e. The van der Waals surface area contributed by atoms with E-state index < -0.39 is 0 Å². The molecule has 3 N–H and O–H groups in total. The van der Waals surface area contributed by atoms with Crippen molar-refractivity contribution in [2.75, 3.05) is 0 Å². The summed E-state index contributed by atoms with van der Waals surface area (Å²) in [5.74, 6) is -0.225. The monoisotopic (exact) mass is 244 g/mol. The van der Waals surface area contributed by atoms with Crippen molar-refractivity contribution in [2.24, 2.45) is 0 Å². The Balaban J connectivity index is 2.85. The van der Waals surface area contributed by atoms with Crippen LogP contribution >= 0.6 is 0 Å². The van der Waals surface area contributed by atoms with Crippen LogP contribution in [-0.4, -0.2) is 15.3 Å². The highest BCUT2D eigenvalue weighted by Gasteiger charge is 2.20. The molecule has 3 nitrogen and oxygen atoms in total. The number of aryl methyl sites for hydroxylation is 1. The highest BCUT2D eigenvalue weighted by molar-refractivity contribution is 5.83. The molecule has 0 aromatic heterocycles. The van der Waals surface area contributed by atoms with E-state index in [2.05, 4.69) is 0 Å².